The van der Waals surface area contributed by atoms with E-state index in [0.29, 0.717) is 11.3 Å². The molecule has 0 radical (unpaired) electrons. The molecule has 0 bridgehead atoms. The Morgan fingerprint density at radius 2 is 2.06 bits per heavy atom. The highest BCUT2D eigenvalue weighted by atomic mass is 19.1. The summed E-state index contributed by atoms with van der Waals surface area (Å²) in [4.78, 5) is 4.17. The van der Waals surface area contributed by atoms with Crippen LogP contribution < -0.4 is 5.73 Å². The third-order valence-corrected chi connectivity index (χ3v) is 2.70. The molecular formula is C13H10FN3. The Morgan fingerprint density at radius 1 is 1.18 bits per heavy atom. The van der Waals surface area contributed by atoms with Gasteiger partial charge in [-0.3, -0.25) is 4.40 Å². The third kappa shape index (κ3) is 1.54. The van der Waals surface area contributed by atoms with Gasteiger partial charge in [-0.1, -0.05) is 6.07 Å². The van der Waals surface area contributed by atoms with Gasteiger partial charge in [0, 0.05) is 23.6 Å². The molecule has 0 spiro atoms. The number of hydrogen-bond acceptors (Lipinski definition) is 2. The summed E-state index contributed by atoms with van der Waals surface area (Å²) in [6.45, 7) is 0. The van der Waals surface area contributed by atoms with E-state index in [2.05, 4.69) is 4.98 Å². The van der Waals surface area contributed by atoms with Crippen molar-refractivity contribution < 1.29 is 4.39 Å². The summed E-state index contributed by atoms with van der Waals surface area (Å²) in [6.07, 6.45) is 3.49. The summed E-state index contributed by atoms with van der Waals surface area (Å²) in [6, 6.07) is 10.3. The highest BCUT2D eigenvalue weighted by Crippen LogP contribution is 2.24. The van der Waals surface area contributed by atoms with Crippen molar-refractivity contribution in [2.75, 3.05) is 5.73 Å². The highest BCUT2D eigenvalue weighted by molar-refractivity contribution is 5.66. The SMILES string of the molecule is Nc1ccc(-c2cccc3nccn23)c(F)c1. The predicted octanol–water partition coefficient (Wildman–Crippen LogP) is 2.72. The molecule has 0 aliphatic heterocycles. The molecule has 84 valence electrons. The van der Waals surface area contributed by atoms with Gasteiger partial charge in [-0.15, -0.1) is 0 Å². The van der Waals surface area contributed by atoms with Gasteiger partial charge in [-0.05, 0) is 30.3 Å². The second-order valence-electron chi connectivity index (χ2n) is 3.81. The molecule has 1 aromatic carbocycles. The van der Waals surface area contributed by atoms with Gasteiger partial charge >= 0.3 is 0 Å². The summed E-state index contributed by atoms with van der Waals surface area (Å²) in [5.74, 6) is -0.328. The van der Waals surface area contributed by atoms with Gasteiger partial charge in [0.05, 0.1) is 5.69 Å². The zero-order valence-electron chi connectivity index (χ0n) is 8.97. The molecule has 2 heterocycles. The number of halogens is 1. The second kappa shape index (κ2) is 3.59. The van der Waals surface area contributed by atoms with Gasteiger partial charge in [0.1, 0.15) is 11.5 Å². The first kappa shape index (κ1) is 9.84. The minimum absolute atomic E-state index is 0.328. The fourth-order valence-electron chi connectivity index (χ4n) is 1.91. The van der Waals surface area contributed by atoms with Crippen LogP contribution in [-0.2, 0) is 0 Å². The number of nitrogen functional groups attached to an aromatic ring is 1. The number of hydrogen-bond donors (Lipinski definition) is 1. The molecule has 3 aromatic rings. The number of aromatic nitrogens is 2. The molecule has 0 aliphatic carbocycles. The number of nitrogens with zero attached hydrogens (tertiary/aromatic N) is 2. The lowest BCUT2D eigenvalue weighted by Crippen LogP contribution is -1.94. The quantitative estimate of drug-likeness (QED) is 0.649. The van der Waals surface area contributed by atoms with Crippen molar-refractivity contribution >= 4 is 11.3 Å². The van der Waals surface area contributed by atoms with Crippen molar-refractivity contribution in [2.24, 2.45) is 0 Å². The van der Waals surface area contributed by atoms with E-state index in [1.54, 1.807) is 24.5 Å². The largest absolute Gasteiger partial charge is 0.399 e. The van der Waals surface area contributed by atoms with E-state index in [9.17, 15) is 4.39 Å². The zero-order chi connectivity index (χ0) is 11.8. The molecule has 0 fully saturated rings. The van der Waals surface area contributed by atoms with E-state index in [0.717, 1.165) is 11.3 Å². The minimum atomic E-state index is -0.328. The molecule has 0 amide bonds. The maximum atomic E-state index is 13.9. The molecule has 17 heavy (non-hydrogen) atoms. The molecule has 2 aromatic heterocycles. The molecule has 0 aliphatic rings. The van der Waals surface area contributed by atoms with E-state index >= 15 is 0 Å². The minimum Gasteiger partial charge on any atom is -0.399 e. The number of nitrogens with two attached hydrogens (primary N) is 1. The maximum absolute atomic E-state index is 13.9. The van der Waals surface area contributed by atoms with E-state index < -0.39 is 0 Å². The van der Waals surface area contributed by atoms with Gasteiger partial charge in [0.25, 0.3) is 0 Å². The summed E-state index contributed by atoms with van der Waals surface area (Å²) < 4.78 is 15.7. The molecular weight excluding hydrogens is 217 g/mol. The first-order valence-corrected chi connectivity index (χ1v) is 5.23. The van der Waals surface area contributed by atoms with Crippen LogP contribution in [0.2, 0.25) is 0 Å². The van der Waals surface area contributed by atoms with Crippen LogP contribution in [0.25, 0.3) is 16.9 Å². The maximum Gasteiger partial charge on any atom is 0.137 e. The Morgan fingerprint density at radius 3 is 2.88 bits per heavy atom. The predicted molar refractivity (Wildman–Crippen MR) is 65.0 cm³/mol. The van der Waals surface area contributed by atoms with Crippen molar-refractivity contribution in [1.82, 2.24) is 9.38 Å². The monoisotopic (exact) mass is 227 g/mol. The fourth-order valence-corrected chi connectivity index (χ4v) is 1.91. The molecule has 0 saturated carbocycles. The van der Waals surface area contributed by atoms with Crippen LogP contribution in [0.3, 0.4) is 0 Å². The average Bonchev–Trinajstić information content (AvgIpc) is 2.77. The third-order valence-electron chi connectivity index (χ3n) is 2.70. The average molecular weight is 227 g/mol. The first-order valence-electron chi connectivity index (χ1n) is 5.23. The van der Waals surface area contributed by atoms with Gasteiger partial charge in [0.15, 0.2) is 0 Å². The Bertz CT molecular complexity index is 688. The fraction of sp³-hybridized carbons (Fsp3) is 0. The molecule has 3 nitrogen and oxygen atoms in total. The van der Waals surface area contributed by atoms with Crippen molar-refractivity contribution in [2.45, 2.75) is 0 Å². The first-order chi connectivity index (χ1) is 8.25. The smallest absolute Gasteiger partial charge is 0.137 e. The summed E-state index contributed by atoms with van der Waals surface area (Å²) in [5.41, 5.74) is 8.03. The summed E-state index contributed by atoms with van der Waals surface area (Å²) in [5, 5.41) is 0. The molecule has 0 atom stereocenters. The lowest BCUT2D eigenvalue weighted by atomic mass is 10.1. The number of anilines is 1. The Kier molecular flexibility index (Phi) is 2.08. The lowest BCUT2D eigenvalue weighted by molar-refractivity contribution is 0.631. The number of fused-ring (bicyclic) bond motifs is 1. The standard InChI is InChI=1S/C13H10FN3/c14-11-8-9(15)4-5-10(11)12-2-1-3-13-16-6-7-17(12)13/h1-8H,15H2. The van der Waals surface area contributed by atoms with Crippen LogP contribution in [0.5, 0.6) is 0 Å². The number of benzene rings is 1. The van der Waals surface area contributed by atoms with Crippen LogP contribution in [0.1, 0.15) is 0 Å². The number of pyridine rings is 1. The van der Waals surface area contributed by atoms with Crippen LogP contribution in [0, 0.1) is 5.82 Å². The van der Waals surface area contributed by atoms with Gasteiger partial charge in [-0.2, -0.15) is 0 Å². The van der Waals surface area contributed by atoms with Crippen LogP contribution in [0.15, 0.2) is 48.8 Å². The normalized spacial score (nSPS) is 10.9. The lowest BCUT2D eigenvalue weighted by Gasteiger charge is -2.07. The van der Waals surface area contributed by atoms with Crippen LogP contribution in [-0.4, -0.2) is 9.38 Å². The van der Waals surface area contributed by atoms with E-state index in [-0.39, 0.29) is 5.82 Å². The van der Waals surface area contributed by atoms with E-state index in [1.165, 1.54) is 6.07 Å². The van der Waals surface area contributed by atoms with Crippen molar-refractivity contribution in [1.29, 1.82) is 0 Å². The second-order valence-corrected chi connectivity index (χ2v) is 3.81. The zero-order valence-corrected chi connectivity index (χ0v) is 8.97. The van der Waals surface area contributed by atoms with E-state index in [1.807, 2.05) is 22.6 Å². The molecule has 4 heteroatoms. The molecule has 0 unspecified atom stereocenters. The molecule has 2 N–H and O–H groups in total. The summed E-state index contributed by atoms with van der Waals surface area (Å²) in [7, 11) is 0. The van der Waals surface area contributed by atoms with Gasteiger partial charge in [0.2, 0.25) is 0 Å². The van der Waals surface area contributed by atoms with E-state index in [4.69, 9.17) is 5.73 Å². The van der Waals surface area contributed by atoms with Crippen molar-refractivity contribution in [3.8, 4) is 11.3 Å². The number of rotatable bonds is 1. The van der Waals surface area contributed by atoms with Gasteiger partial charge in [-0.25, -0.2) is 9.37 Å². The van der Waals surface area contributed by atoms with Crippen LogP contribution >= 0.6 is 0 Å². The van der Waals surface area contributed by atoms with Gasteiger partial charge < -0.3 is 5.73 Å². The molecule has 0 saturated heterocycles. The Balaban J connectivity index is 2.30. The Hall–Kier alpha value is -2.36. The number of imidazole rings is 1. The molecule has 3 rings (SSSR count). The topological polar surface area (TPSA) is 43.3 Å². The Labute approximate surface area is 97.3 Å². The summed E-state index contributed by atoms with van der Waals surface area (Å²) >= 11 is 0. The van der Waals surface area contributed by atoms with Crippen molar-refractivity contribution in [3.63, 3.8) is 0 Å². The highest BCUT2D eigenvalue weighted by Gasteiger charge is 2.08. The van der Waals surface area contributed by atoms with Crippen molar-refractivity contribution in [3.05, 3.63) is 54.6 Å². The van der Waals surface area contributed by atoms with Crippen LogP contribution in [0.4, 0.5) is 10.1 Å².